The number of halogens is 1. The van der Waals surface area contributed by atoms with E-state index < -0.39 is 0 Å². The highest BCUT2D eigenvalue weighted by molar-refractivity contribution is 9.10. The van der Waals surface area contributed by atoms with Gasteiger partial charge in [-0.1, -0.05) is 28.1 Å². The Morgan fingerprint density at radius 1 is 1.37 bits per heavy atom. The molecule has 0 unspecified atom stereocenters. The molecule has 0 saturated heterocycles. The quantitative estimate of drug-likeness (QED) is 0.945. The summed E-state index contributed by atoms with van der Waals surface area (Å²) in [5, 5.41) is 0. The third kappa shape index (κ3) is 3.19. The normalized spacial score (nSPS) is 10.3. The molecule has 0 saturated carbocycles. The van der Waals surface area contributed by atoms with Gasteiger partial charge in [-0.15, -0.1) is 0 Å². The molecule has 1 aromatic carbocycles. The largest absolute Gasteiger partial charge is 0.326 e. The Labute approximate surface area is 120 Å². The van der Waals surface area contributed by atoms with Crippen LogP contribution >= 0.6 is 15.9 Å². The minimum Gasteiger partial charge on any atom is -0.326 e. The van der Waals surface area contributed by atoms with Crippen LogP contribution in [0.15, 0.2) is 47.1 Å². The predicted molar refractivity (Wildman–Crippen MR) is 79.0 cm³/mol. The van der Waals surface area contributed by atoms with Crippen LogP contribution < -0.4 is 10.6 Å². The summed E-state index contributed by atoms with van der Waals surface area (Å²) in [4.78, 5) is 18.0. The van der Waals surface area contributed by atoms with Crippen LogP contribution in [0.2, 0.25) is 0 Å². The summed E-state index contributed by atoms with van der Waals surface area (Å²) in [6.45, 7) is 0.420. The lowest BCUT2D eigenvalue weighted by Crippen LogP contribution is -2.27. The number of benzene rings is 1. The number of hydrogen-bond donors (Lipinski definition) is 1. The number of nitrogens with zero attached hydrogens (tertiary/aromatic N) is 2. The Bertz CT molecular complexity index is 583. The minimum absolute atomic E-state index is 0.151. The van der Waals surface area contributed by atoms with Crippen LogP contribution in [0.3, 0.4) is 0 Å². The van der Waals surface area contributed by atoms with Crippen molar-refractivity contribution in [1.82, 2.24) is 4.98 Å². The van der Waals surface area contributed by atoms with Crippen molar-refractivity contribution in [2.75, 3.05) is 11.9 Å². The van der Waals surface area contributed by atoms with Gasteiger partial charge in [-0.2, -0.15) is 0 Å². The Kier molecular flexibility index (Phi) is 4.29. The van der Waals surface area contributed by atoms with Crippen LogP contribution in [0.5, 0.6) is 0 Å². The number of rotatable bonds is 3. The van der Waals surface area contributed by atoms with E-state index in [1.807, 2.05) is 30.3 Å². The van der Waals surface area contributed by atoms with Crippen molar-refractivity contribution in [2.45, 2.75) is 6.54 Å². The first-order valence-electron chi connectivity index (χ1n) is 5.80. The summed E-state index contributed by atoms with van der Waals surface area (Å²) >= 11 is 3.39. The molecule has 2 N–H and O–H groups in total. The lowest BCUT2D eigenvalue weighted by Gasteiger charge is -2.17. The van der Waals surface area contributed by atoms with Crippen molar-refractivity contribution in [3.8, 4) is 0 Å². The topological polar surface area (TPSA) is 59.2 Å². The van der Waals surface area contributed by atoms with Crippen molar-refractivity contribution >= 4 is 27.5 Å². The average Bonchev–Trinajstić information content (AvgIpc) is 2.46. The number of anilines is 1. The third-order valence-corrected chi connectivity index (χ3v) is 3.27. The Hall–Kier alpha value is -1.72. The second-order valence-corrected chi connectivity index (χ2v) is 5.02. The highest BCUT2D eigenvalue weighted by atomic mass is 79.9. The van der Waals surface area contributed by atoms with E-state index in [9.17, 15) is 4.79 Å². The van der Waals surface area contributed by atoms with E-state index in [1.165, 1.54) is 0 Å². The number of hydrogen-bond acceptors (Lipinski definition) is 3. The summed E-state index contributed by atoms with van der Waals surface area (Å²) in [5.74, 6) is -0.151. The molecule has 19 heavy (non-hydrogen) atoms. The van der Waals surface area contributed by atoms with Gasteiger partial charge in [0.05, 0.1) is 0 Å². The number of nitrogens with two attached hydrogens (primary N) is 1. The molecule has 5 heteroatoms. The van der Waals surface area contributed by atoms with Gasteiger partial charge in [-0.05, 0) is 29.8 Å². The van der Waals surface area contributed by atoms with E-state index in [1.54, 1.807) is 24.2 Å². The molecular formula is C14H14BrN3O. The highest BCUT2D eigenvalue weighted by Crippen LogP contribution is 2.20. The number of carbonyl (C=O) groups excluding carboxylic acids is 1. The number of aromatic nitrogens is 1. The third-order valence-electron chi connectivity index (χ3n) is 2.78. The lowest BCUT2D eigenvalue weighted by atomic mass is 10.2. The van der Waals surface area contributed by atoms with Crippen LogP contribution in [-0.2, 0) is 6.54 Å². The molecule has 0 fully saturated rings. The van der Waals surface area contributed by atoms with Crippen molar-refractivity contribution in [3.63, 3.8) is 0 Å². The van der Waals surface area contributed by atoms with E-state index in [4.69, 9.17) is 5.73 Å². The SMILES string of the molecule is CN(C(=O)c1ccc(CN)cn1)c1cccc(Br)c1. The van der Waals surface area contributed by atoms with Crippen LogP contribution in [0.25, 0.3) is 0 Å². The standard InChI is InChI=1S/C14H14BrN3O/c1-18(12-4-2-3-11(15)7-12)14(19)13-6-5-10(8-16)9-17-13/h2-7,9H,8,16H2,1H3. The molecule has 2 rings (SSSR count). The summed E-state index contributed by atoms with van der Waals surface area (Å²) in [6.07, 6.45) is 1.63. The predicted octanol–water partition coefficient (Wildman–Crippen LogP) is 2.58. The van der Waals surface area contributed by atoms with Gasteiger partial charge in [-0.3, -0.25) is 9.78 Å². The zero-order chi connectivity index (χ0) is 13.8. The molecular weight excluding hydrogens is 306 g/mol. The first-order chi connectivity index (χ1) is 9.11. The molecule has 0 bridgehead atoms. The smallest absolute Gasteiger partial charge is 0.276 e. The van der Waals surface area contributed by atoms with Gasteiger partial charge in [0.1, 0.15) is 5.69 Å². The van der Waals surface area contributed by atoms with Crippen LogP contribution in [-0.4, -0.2) is 17.9 Å². The summed E-state index contributed by atoms with van der Waals surface area (Å²) in [5.41, 5.74) is 7.62. The highest BCUT2D eigenvalue weighted by Gasteiger charge is 2.14. The average molecular weight is 320 g/mol. The lowest BCUT2D eigenvalue weighted by molar-refractivity contribution is 0.0988. The molecule has 2 aromatic rings. The van der Waals surface area contributed by atoms with Gasteiger partial charge in [0.15, 0.2) is 0 Å². The van der Waals surface area contributed by atoms with Crippen LogP contribution in [0.1, 0.15) is 16.1 Å². The van der Waals surface area contributed by atoms with E-state index in [2.05, 4.69) is 20.9 Å². The van der Waals surface area contributed by atoms with E-state index in [0.717, 1.165) is 15.7 Å². The maximum atomic E-state index is 12.3. The molecule has 1 heterocycles. The monoisotopic (exact) mass is 319 g/mol. The molecule has 0 aliphatic carbocycles. The Morgan fingerprint density at radius 3 is 2.74 bits per heavy atom. The zero-order valence-corrected chi connectivity index (χ0v) is 12.1. The molecule has 1 amide bonds. The van der Waals surface area contributed by atoms with Crippen molar-refractivity contribution in [1.29, 1.82) is 0 Å². The molecule has 4 nitrogen and oxygen atoms in total. The summed E-state index contributed by atoms with van der Waals surface area (Å²) in [7, 11) is 1.72. The minimum atomic E-state index is -0.151. The molecule has 98 valence electrons. The first-order valence-corrected chi connectivity index (χ1v) is 6.59. The Morgan fingerprint density at radius 2 is 2.16 bits per heavy atom. The van der Waals surface area contributed by atoms with Gasteiger partial charge >= 0.3 is 0 Å². The fraction of sp³-hybridized carbons (Fsp3) is 0.143. The summed E-state index contributed by atoms with van der Waals surface area (Å²) in [6, 6.07) is 11.1. The molecule has 0 aliphatic rings. The number of carbonyl (C=O) groups is 1. The fourth-order valence-electron chi connectivity index (χ4n) is 1.65. The molecule has 0 atom stereocenters. The number of amides is 1. The fourth-order valence-corrected chi connectivity index (χ4v) is 2.03. The Balaban J connectivity index is 2.23. The maximum Gasteiger partial charge on any atom is 0.276 e. The molecule has 0 spiro atoms. The first kappa shape index (κ1) is 13.7. The van der Waals surface area contributed by atoms with E-state index in [-0.39, 0.29) is 5.91 Å². The second-order valence-electron chi connectivity index (χ2n) is 4.10. The van der Waals surface area contributed by atoms with Crippen molar-refractivity contribution in [2.24, 2.45) is 5.73 Å². The van der Waals surface area contributed by atoms with Gasteiger partial charge in [0.2, 0.25) is 0 Å². The zero-order valence-electron chi connectivity index (χ0n) is 10.5. The van der Waals surface area contributed by atoms with Crippen LogP contribution in [0, 0.1) is 0 Å². The molecule has 0 aliphatic heterocycles. The maximum absolute atomic E-state index is 12.3. The van der Waals surface area contributed by atoms with E-state index in [0.29, 0.717) is 12.2 Å². The van der Waals surface area contributed by atoms with Gasteiger partial charge < -0.3 is 10.6 Å². The van der Waals surface area contributed by atoms with Crippen molar-refractivity contribution in [3.05, 3.63) is 58.3 Å². The number of pyridine rings is 1. The van der Waals surface area contributed by atoms with Gasteiger partial charge in [-0.25, -0.2) is 0 Å². The van der Waals surface area contributed by atoms with Gasteiger partial charge in [0.25, 0.3) is 5.91 Å². The van der Waals surface area contributed by atoms with Crippen molar-refractivity contribution < 1.29 is 4.79 Å². The molecule has 0 radical (unpaired) electrons. The summed E-state index contributed by atoms with van der Waals surface area (Å²) < 4.78 is 0.927. The molecule has 1 aromatic heterocycles. The van der Waals surface area contributed by atoms with E-state index >= 15 is 0 Å². The van der Waals surface area contributed by atoms with Crippen LogP contribution in [0.4, 0.5) is 5.69 Å². The van der Waals surface area contributed by atoms with Gasteiger partial charge in [0, 0.05) is 29.9 Å². The second kappa shape index (κ2) is 5.95.